The lowest BCUT2D eigenvalue weighted by Gasteiger charge is -2.11. The number of H-pyrrole nitrogens is 1. The number of nitrogens with one attached hydrogen (secondary N) is 2. The van der Waals surface area contributed by atoms with Crippen LogP contribution in [0.5, 0.6) is 5.75 Å². The Labute approximate surface area is 154 Å². The van der Waals surface area contributed by atoms with Gasteiger partial charge in [-0.2, -0.15) is 0 Å². The maximum Gasteiger partial charge on any atom is 0.329 e. The Morgan fingerprint density at radius 2 is 1.93 bits per heavy atom. The summed E-state index contributed by atoms with van der Waals surface area (Å²) in [5.74, 6) is 0.322. The fourth-order valence-electron chi connectivity index (χ4n) is 2.82. The lowest BCUT2D eigenvalue weighted by atomic mass is 10.1. The van der Waals surface area contributed by atoms with Crippen molar-refractivity contribution in [3.8, 4) is 5.75 Å². The SMILES string of the molecule is CCOc1ccc(NC(=O)c2cc3c(=O)[nH]c(=O)n(CC)c3nc2C)cc1. The van der Waals surface area contributed by atoms with Crippen LogP contribution in [0.3, 0.4) is 0 Å². The van der Waals surface area contributed by atoms with Crippen molar-refractivity contribution in [3.63, 3.8) is 0 Å². The van der Waals surface area contributed by atoms with Gasteiger partial charge in [-0.25, -0.2) is 9.78 Å². The van der Waals surface area contributed by atoms with E-state index in [0.717, 1.165) is 0 Å². The molecule has 0 saturated carbocycles. The Balaban J connectivity index is 1.98. The number of amides is 1. The van der Waals surface area contributed by atoms with Gasteiger partial charge in [-0.3, -0.25) is 19.1 Å². The lowest BCUT2D eigenvalue weighted by molar-refractivity contribution is 0.102. The average molecular weight is 368 g/mol. The van der Waals surface area contributed by atoms with E-state index in [0.29, 0.717) is 30.3 Å². The van der Waals surface area contributed by atoms with Crippen molar-refractivity contribution >= 4 is 22.6 Å². The van der Waals surface area contributed by atoms with Gasteiger partial charge in [0.2, 0.25) is 0 Å². The summed E-state index contributed by atoms with van der Waals surface area (Å²) in [5, 5.41) is 2.97. The summed E-state index contributed by atoms with van der Waals surface area (Å²) in [7, 11) is 0. The molecular formula is C19H20N4O4. The first-order chi connectivity index (χ1) is 12.9. The zero-order valence-corrected chi connectivity index (χ0v) is 15.3. The maximum absolute atomic E-state index is 12.7. The second-order valence-corrected chi connectivity index (χ2v) is 5.91. The monoisotopic (exact) mass is 368 g/mol. The number of hydrogen-bond donors (Lipinski definition) is 2. The highest BCUT2D eigenvalue weighted by atomic mass is 16.5. The van der Waals surface area contributed by atoms with Crippen LogP contribution in [0.15, 0.2) is 39.9 Å². The third-order valence-corrected chi connectivity index (χ3v) is 4.14. The Morgan fingerprint density at radius 1 is 1.22 bits per heavy atom. The molecule has 0 saturated heterocycles. The van der Waals surface area contributed by atoms with E-state index in [1.54, 1.807) is 38.1 Å². The predicted molar refractivity (Wildman–Crippen MR) is 103 cm³/mol. The van der Waals surface area contributed by atoms with E-state index in [-0.39, 0.29) is 22.5 Å². The van der Waals surface area contributed by atoms with Crippen molar-refractivity contribution < 1.29 is 9.53 Å². The number of hydrogen-bond acceptors (Lipinski definition) is 5. The summed E-state index contributed by atoms with van der Waals surface area (Å²) in [6.45, 7) is 6.26. The number of nitrogens with zero attached hydrogens (tertiary/aromatic N) is 2. The van der Waals surface area contributed by atoms with Gasteiger partial charge in [0.15, 0.2) is 0 Å². The lowest BCUT2D eigenvalue weighted by Crippen LogP contribution is -2.31. The molecule has 2 aromatic heterocycles. The third-order valence-electron chi connectivity index (χ3n) is 4.14. The highest BCUT2D eigenvalue weighted by Gasteiger charge is 2.16. The average Bonchev–Trinajstić information content (AvgIpc) is 2.63. The molecule has 0 spiro atoms. The number of pyridine rings is 1. The van der Waals surface area contributed by atoms with Crippen LogP contribution in [-0.4, -0.2) is 27.0 Å². The molecule has 1 aromatic carbocycles. The van der Waals surface area contributed by atoms with Gasteiger partial charge in [0, 0.05) is 12.2 Å². The minimum Gasteiger partial charge on any atom is -0.494 e. The minimum atomic E-state index is -0.567. The van der Waals surface area contributed by atoms with Crippen LogP contribution in [0.1, 0.15) is 29.9 Å². The molecule has 0 unspecified atom stereocenters. The molecule has 0 bridgehead atoms. The van der Waals surface area contributed by atoms with Gasteiger partial charge in [0.1, 0.15) is 11.4 Å². The smallest absolute Gasteiger partial charge is 0.329 e. The Bertz CT molecular complexity index is 1110. The second kappa shape index (κ2) is 7.45. The number of ether oxygens (including phenoxy) is 1. The zero-order valence-electron chi connectivity index (χ0n) is 15.3. The molecule has 140 valence electrons. The number of aryl methyl sites for hydroxylation is 2. The molecule has 27 heavy (non-hydrogen) atoms. The van der Waals surface area contributed by atoms with Gasteiger partial charge in [-0.05, 0) is 51.1 Å². The van der Waals surface area contributed by atoms with E-state index in [2.05, 4.69) is 15.3 Å². The van der Waals surface area contributed by atoms with Crippen LogP contribution < -0.4 is 21.3 Å². The maximum atomic E-state index is 12.7. The molecule has 2 heterocycles. The normalized spacial score (nSPS) is 10.8. The van der Waals surface area contributed by atoms with Gasteiger partial charge < -0.3 is 10.1 Å². The summed E-state index contributed by atoms with van der Waals surface area (Å²) in [6.07, 6.45) is 0. The number of rotatable bonds is 5. The molecule has 8 heteroatoms. The van der Waals surface area contributed by atoms with Crippen LogP contribution in [-0.2, 0) is 6.54 Å². The molecule has 0 aliphatic carbocycles. The molecule has 1 amide bonds. The van der Waals surface area contributed by atoms with Crippen LogP contribution in [0.4, 0.5) is 5.69 Å². The molecule has 3 aromatic rings. The van der Waals surface area contributed by atoms with E-state index in [1.165, 1.54) is 10.6 Å². The quantitative estimate of drug-likeness (QED) is 0.717. The standard InChI is InChI=1S/C19H20N4O4/c1-4-23-16-15(18(25)22-19(23)26)10-14(11(3)20-16)17(24)21-12-6-8-13(9-7-12)27-5-2/h6-10H,4-5H2,1-3H3,(H,21,24)(H,22,25,26). The largest absolute Gasteiger partial charge is 0.494 e. The first-order valence-corrected chi connectivity index (χ1v) is 8.63. The van der Waals surface area contributed by atoms with Crippen molar-refractivity contribution in [1.82, 2.24) is 14.5 Å². The fraction of sp³-hybridized carbons (Fsp3) is 0.263. The van der Waals surface area contributed by atoms with Crippen molar-refractivity contribution in [1.29, 1.82) is 0 Å². The van der Waals surface area contributed by atoms with Gasteiger partial charge in [0.05, 0.1) is 23.3 Å². The molecule has 0 fully saturated rings. The third kappa shape index (κ3) is 3.59. The van der Waals surface area contributed by atoms with Gasteiger partial charge in [-0.1, -0.05) is 0 Å². The molecular weight excluding hydrogens is 348 g/mol. The first-order valence-electron chi connectivity index (χ1n) is 8.63. The summed E-state index contributed by atoms with van der Waals surface area (Å²) in [5.41, 5.74) is 0.467. The van der Waals surface area contributed by atoms with Crippen LogP contribution >= 0.6 is 0 Å². The molecule has 8 nitrogen and oxygen atoms in total. The van der Waals surface area contributed by atoms with Crippen molar-refractivity contribution in [2.75, 3.05) is 11.9 Å². The predicted octanol–water partition coefficient (Wildman–Crippen LogP) is 2.06. The van der Waals surface area contributed by atoms with Crippen molar-refractivity contribution in [3.05, 3.63) is 62.4 Å². The number of carbonyl (C=O) groups excluding carboxylic acids is 1. The van der Waals surface area contributed by atoms with Crippen LogP contribution in [0.25, 0.3) is 11.0 Å². The van der Waals surface area contributed by atoms with E-state index >= 15 is 0 Å². The van der Waals surface area contributed by atoms with Crippen molar-refractivity contribution in [2.24, 2.45) is 0 Å². The topological polar surface area (TPSA) is 106 Å². The van der Waals surface area contributed by atoms with Gasteiger partial charge >= 0.3 is 5.69 Å². The molecule has 0 radical (unpaired) electrons. The second-order valence-electron chi connectivity index (χ2n) is 5.91. The van der Waals surface area contributed by atoms with E-state index in [4.69, 9.17) is 4.74 Å². The number of benzene rings is 1. The van der Waals surface area contributed by atoms with E-state index < -0.39 is 11.2 Å². The van der Waals surface area contributed by atoms with Crippen LogP contribution in [0.2, 0.25) is 0 Å². The van der Waals surface area contributed by atoms with E-state index in [9.17, 15) is 14.4 Å². The van der Waals surface area contributed by atoms with Crippen LogP contribution in [0, 0.1) is 6.92 Å². The zero-order chi connectivity index (χ0) is 19.6. The van der Waals surface area contributed by atoms with E-state index in [1.807, 2.05) is 6.92 Å². The number of carbonyl (C=O) groups is 1. The first kappa shape index (κ1) is 18.4. The highest BCUT2D eigenvalue weighted by Crippen LogP contribution is 2.18. The number of anilines is 1. The summed E-state index contributed by atoms with van der Waals surface area (Å²) >= 11 is 0. The Morgan fingerprint density at radius 3 is 2.56 bits per heavy atom. The molecule has 0 aliphatic heterocycles. The number of aromatic amines is 1. The Kier molecular flexibility index (Phi) is 5.07. The summed E-state index contributed by atoms with van der Waals surface area (Å²) < 4.78 is 6.73. The Hall–Kier alpha value is -3.42. The summed E-state index contributed by atoms with van der Waals surface area (Å²) in [6, 6.07) is 8.44. The summed E-state index contributed by atoms with van der Waals surface area (Å²) in [4.78, 5) is 43.3. The highest BCUT2D eigenvalue weighted by molar-refractivity contribution is 6.06. The molecule has 0 atom stereocenters. The number of aromatic nitrogens is 3. The molecule has 3 rings (SSSR count). The number of fused-ring (bicyclic) bond motifs is 1. The van der Waals surface area contributed by atoms with Crippen molar-refractivity contribution in [2.45, 2.75) is 27.3 Å². The molecule has 2 N–H and O–H groups in total. The van der Waals surface area contributed by atoms with Gasteiger partial charge in [-0.15, -0.1) is 0 Å². The van der Waals surface area contributed by atoms with Gasteiger partial charge in [0.25, 0.3) is 11.5 Å². The minimum absolute atomic E-state index is 0.193. The molecule has 0 aliphatic rings. The fourth-order valence-corrected chi connectivity index (χ4v) is 2.82.